The Bertz CT molecular complexity index is 526. The molecule has 0 aliphatic rings. The number of carbonyl (C=O) groups is 1. The van der Waals surface area contributed by atoms with E-state index in [2.05, 4.69) is 19.0 Å². The minimum Gasteiger partial charge on any atom is -0.493 e. The van der Waals surface area contributed by atoms with Crippen LogP contribution >= 0.6 is 12.4 Å². The van der Waals surface area contributed by atoms with Gasteiger partial charge in [0.1, 0.15) is 0 Å². The van der Waals surface area contributed by atoms with Crippen LogP contribution in [0.5, 0.6) is 17.2 Å². The van der Waals surface area contributed by atoms with E-state index in [1.165, 1.54) is 47.0 Å². The van der Waals surface area contributed by atoms with E-state index in [1.807, 2.05) is 0 Å². The number of rotatable bonds is 13. The molecule has 27 heavy (non-hydrogen) atoms. The Balaban J connectivity index is 0.00000676. The Morgan fingerprint density at radius 2 is 1.37 bits per heavy atom. The third-order valence-electron chi connectivity index (χ3n) is 4.13. The van der Waals surface area contributed by atoms with E-state index in [0.717, 1.165) is 19.4 Å². The van der Waals surface area contributed by atoms with Crippen molar-refractivity contribution in [3.05, 3.63) is 17.7 Å². The highest BCUT2D eigenvalue weighted by Crippen LogP contribution is 2.38. The second-order valence-electron chi connectivity index (χ2n) is 6.47. The number of halogens is 1. The number of benzene rings is 1. The van der Waals surface area contributed by atoms with Gasteiger partial charge in [-0.3, -0.25) is 0 Å². The van der Waals surface area contributed by atoms with Crippen molar-refractivity contribution in [3.8, 4) is 17.2 Å². The summed E-state index contributed by atoms with van der Waals surface area (Å²) >= 11 is 0. The first-order valence-electron chi connectivity index (χ1n) is 9.15. The second-order valence-corrected chi connectivity index (χ2v) is 6.47. The second kappa shape index (κ2) is 14.4. The lowest BCUT2D eigenvalue weighted by molar-refractivity contribution is 0.0496. The number of methoxy groups -OCH3 is 3. The zero-order valence-corrected chi connectivity index (χ0v) is 18.0. The van der Waals surface area contributed by atoms with Gasteiger partial charge in [0.15, 0.2) is 11.5 Å². The average Bonchev–Trinajstić information content (AvgIpc) is 2.64. The molecule has 0 aliphatic carbocycles. The number of ether oxygens (including phenoxy) is 4. The number of carbonyl (C=O) groups excluding carboxylic acids is 1. The summed E-state index contributed by atoms with van der Waals surface area (Å²) < 4.78 is 21.1. The highest BCUT2D eigenvalue weighted by atomic mass is 35.5. The molecule has 1 aromatic carbocycles. The number of nitrogens with zero attached hydrogens (tertiary/aromatic N) is 1. The van der Waals surface area contributed by atoms with Crippen LogP contribution in [0.2, 0.25) is 0 Å². The molecule has 0 amide bonds. The van der Waals surface area contributed by atoms with E-state index in [4.69, 9.17) is 18.9 Å². The Hall–Kier alpha value is -1.66. The Morgan fingerprint density at radius 1 is 0.852 bits per heavy atom. The lowest BCUT2D eigenvalue weighted by atomic mass is 10.1. The van der Waals surface area contributed by atoms with Crippen LogP contribution in [0.4, 0.5) is 0 Å². The van der Waals surface area contributed by atoms with Crippen LogP contribution in [0, 0.1) is 0 Å². The van der Waals surface area contributed by atoms with Gasteiger partial charge in [0.05, 0.1) is 33.5 Å². The van der Waals surface area contributed by atoms with Gasteiger partial charge in [-0.25, -0.2) is 4.79 Å². The van der Waals surface area contributed by atoms with Gasteiger partial charge in [-0.1, -0.05) is 25.7 Å². The molecule has 0 saturated carbocycles. The van der Waals surface area contributed by atoms with Crippen molar-refractivity contribution >= 4 is 18.4 Å². The molecular weight excluding hydrogens is 370 g/mol. The highest BCUT2D eigenvalue weighted by Gasteiger charge is 2.17. The van der Waals surface area contributed by atoms with Crippen LogP contribution < -0.4 is 14.2 Å². The minimum absolute atomic E-state index is 0. The molecule has 6 nitrogen and oxygen atoms in total. The van der Waals surface area contributed by atoms with E-state index in [-0.39, 0.29) is 18.4 Å². The van der Waals surface area contributed by atoms with Gasteiger partial charge in [0, 0.05) is 0 Å². The molecule has 0 radical (unpaired) electrons. The molecule has 0 unspecified atom stereocenters. The molecular formula is C20H34ClNO5. The van der Waals surface area contributed by atoms with Crippen LogP contribution in [-0.4, -0.2) is 59.4 Å². The molecule has 7 heteroatoms. The lowest BCUT2D eigenvalue weighted by Gasteiger charge is -2.13. The maximum atomic E-state index is 12.2. The van der Waals surface area contributed by atoms with Gasteiger partial charge in [-0.15, -0.1) is 12.4 Å². The summed E-state index contributed by atoms with van der Waals surface area (Å²) in [6.07, 6.45) is 6.85. The molecule has 0 aromatic heterocycles. The first kappa shape index (κ1) is 25.3. The first-order chi connectivity index (χ1) is 12.5. The molecule has 0 heterocycles. The first-order valence-corrected chi connectivity index (χ1v) is 9.15. The molecule has 0 bridgehead atoms. The fourth-order valence-electron chi connectivity index (χ4n) is 2.68. The predicted molar refractivity (Wildman–Crippen MR) is 110 cm³/mol. The normalized spacial score (nSPS) is 10.3. The summed E-state index contributed by atoms with van der Waals surface area (Å²) in [4.78, 5) is 14.5. The Labute approximate surface area is 169 Å². The zero-order chi connectivity index (χ0) is 19.4. The fraction of sp³-hybridized carbons (Fsp3) is 0.650. The van der Waals surface area contributed by atoms with Gasteiger partial charge >= 0.3 is 5.97 Å². The van der Waals surface area contributed by atoms with Crippen LogP contribution in [0.15, 0.2) is 12.1 Å². The van der Waals surface area contributed by atoms with Crippen molar-refractivity contribution in [2.45, 2.75) is 38.5 Å². The quantitative estimate of drug-likeness (QED) is 0.363. The van der Waals surface area contributed by atoms with Crippen LogP contribution in [0.25, 0.3) is 0 Å². The van der Waals surface area contributed by atoms with Crippen LogP contribution in [0.1, 0.15) is 48.9 Å². The van der Waals surface area contributed by atoms with E-state index >= 15 is 0 Å². The van der Waals surface area contributed by atoms with Crippen LogP contribution in [0.3, 0.4) is 0 Å². The standard InChI is InChI=1S/C20H33NO5.ClH/c1-21(2)12-10-8-6-7-9-11-13-26-20(22)16-14-17(23-3)19(25-5)18(15-16)24-4;/h14-15H,6-13H2,1-5H3;1H. The number of unbranched alkanes of at least 4 members (excludes halogenated alkanes) is 5. The van der Waals surface area contributed by atoms with Crippen LogP contribution in [-0.2, 0) is 4.74 Å². The summed E-state index contributed by atoms with van der Waals surface area (Å²) in [5, 5.41) is 0. The number of hydrogen-bond acceptors (Lipinski definition) is 6. The van der Waals surface area contributed by atoms with Gasteiger partial charge < -0.3 is 23.8 Å². The predicted octanol–water partition coefficient (Wildman–Crippen LogP) is 4.19. The van der Waals surface area contributed by atoms with Crippen molar-refractivity contribution in [1.82, 2.24) is 4.90 Å². The summed E-state index contributed by atoms with van der Waals surface area (Å²) in [5.74, 6) is 0.962. The Kier molecular flexibility index (Phi) is 13.5. The molecule has 0 spiro atoms. The van der Waals surface area contributed by atoms with E-state index in [9.17, 15) is 4.79 Å². The lowest BCUT2D eigenvalue weighted by Crippen LogP contribution is -2.12. The SMILES string of the molecule is COc1cc(C(=O)OCCCCCCCCN(C)C)cc(OC)c1OC.Cl. The number of hydrogen-bond donors (Lipinski definition) is 0. The molecule has 156 valence electrons. The zero-order valence-electron chi connectivity index (χ0n) is 17.2. The van der Waals surface area contributed by atoms with Gasteiger partial charge in [-0.05, 0) is 45.6 Å². The van der Waals surface area contributed by atoms with Crippen molar-refractivity contribution in [2.24, 2.45) is 0 Å². The van der Waals surface area contributed by atoms with Crippen molar-refractivity contribution in [2.75, 3.05) is 48.6 Å². The van der Waals surface area contributed by atoms with Crippen molar-refractivity contribution in [3.63, 3.8) is 0 Å². The largest absolute Gasteiger partial charge is 0.493 e. The van der Waals surface area contributed by atoms with Crippen molar-refractivity contribution < 1.29 is 23.7 Å². The molecule has 0 atom stereocenters. The maximum absolute atomic E-state index is 12.2. The summed E-state index contributed by atoms with van der Waals surface area (Å²) in [6.45, 7) is 1.57. The maximum Gasteiger partial charge on any atom is 0.338 e. The minimum atomic E-state index is -0.379. The third kappa shape index (κ3) is 9.20. The number of esters is 1. The molecule has 0 aliphatic heterocycles. The highest BCUT2D eigenvalue weighted by molar-refractivity contribution is 5.91. The summed E-state index contributed by atoms with van der Waals surface area (Å²) in [7, 11) is 8.76. The van der Waals surface area contributed by atoms with Gasteiger partial charge in [-0.2, -0.15) is 0 Å². The molecule has 0 saturated heterocycles. The topological polar surface area (TPSA) is 57.2 Å². The third-order valence-corrected chi connectivity index (χ3v) is 4.13. The van der Waals surface area contributed by atoms with E-state index in [0.29, 0.717) is 29.4 Å². The molecule has 0 fully saturated rings. The smallest absolute Gasteiger partial charge is 0.338 e. The van der Waals surface area contributed by atoms with Crippen molar-refractivity contribution in [1.29, 1.82) is 0 Å². The monoisotopic (exact) mass is 403 g/mol. The fourth-order valence-corrected chi connectivity index (χ4v) is 2.68. The summed E-state index contributed by atoms with van der Waals surface area (Å²) in [5.41, 5.74) is 0.392. The molecule has 1 aromatic rings. The van der Waals surface area contributed by atoms with E-state index < -0.39 is 0 Å². The van der Waals surface area contributed by atoms with Gasteiger partial charge in [0.25, 0.3) is 0 Å². The molecule has 1 rings (SSSR count). The summed E-state index contributed by atoms with van der Waals surface area (Å²) in [6, 6.07) is 3.21. The van der Waals surface area contributed by atoms with E-state index in [1.54, 1.807) is 12.1 Å². The Morgan fingerprint density at radius 3 is 1.85 bits per heavy atom. The molecule has 0 N–H and O–H groups in total. The van der Waals surface area contributed by atoms with Gasteiger partial charge in [0.2, 0.25) is 5.75 Å². The average molecular weight is 404 g/mol.